The first kappa shape index (κ1) is 23.8. The first-order valence-corrected chi connectivity index (χ1v) is 9.47. The van der Waals surface area contributed by atoms with E-state index in [4.69, 9.17) is 4.74 Å². The van der Waals surface area contributed by atoms with E-state index in [0.29, 0.717) is 0 Å². The molecule has 0 aliphatic carbocycles. The highest BCUT2D eigenvalue weighted by Crippen LogP contribution is 2.36. The highest BCUT2D eigenvalue weighted by molar-refractivity contribution is 5.90. The summed E-state index contributed by atoms with van der Waals surface area (Å²) in [5.41, 5.74) is -2.05. The Kier molecular flexibility index (Phi) is 7.20. The standard InChI is InChI=1S/C20H26F4N2O4/c1-19(2,3)30-18(28)26-8-7-13(15(21)11-26)10-25-16-9-12(17(27)29-4)5-6-14(16)20(22,23)24/h5-6,9,13,15,25H,7-8,10-11H2,1-4H3/t13-,15-/m1/s1. The third-order valence-electron chi connectivity index (χ3n) is 4.63. The second-order valence-electron chi connectivity index (χ2n) is 8.12. The van der Waals surface area contributed by atoms with E-state index in [1.165, 1.54) is 4.90 Å². The Labute approximate surface area is 172 Å². The maximum Gasteiger partial charge on any atom is 0.418 e. The monoisotopic (exact) mass is 434 g/mol. The van der Waals surface area contributed by atoms with Crippen LogP contribution in [-0.2, 0) is 15.7 Å². The van der Waals surface area contributed by atoms with Crippen molar-refractivity contribution in [3.63, 3.8) is 0 Å². The van der Waals surface area contributed by atoms with E-state index >= 15 is 0 Å². The van der Waals surface area contributed by atoms with E-state index in [1.54, 1.807) is 20.8 Å². The van der Waals surface area contributed by atoms with E-state index in [0.717, 1.165) is 25.3 Å². The van der Waals surface area contributed by atoms with Gasteiger partial charge >= 0.3 is 18.2 Å². The van der Waals surface area contributed by atoms with Crippen LogP contribution in [0.15, 0.2) is 18.2 Å². The maximum absolute atomic E-state index is 14.6. The number of hydrogen-bond acceptors (Lipinski definition) is 5. The molecule has 168 valence electrons. The van der Waals surface area contributed by atoms with Gasteiger partial charge in [0, 0.05) is 24.7 Å². The van der Waals surface area contributed by atoms with E-state index in [1.807, 2.05) is 0 Å². The summed E-state index contributed by atoms with van der Waals surface area (Å²) >= 11 is 0. The topological polar surface area (TPSA) is 67.9 Å². The molecule has 0 bridgehead atoms. The Morgan fingerprint density at radius 3 is 2.43 bits per heavy atom. The van der Waals surface area contributed by atoms with Crippen molar-refractivity contribution in [2.45, 2.75) is 45.1 Å². The molecule has 0 spiro atoms. The number of likely N-dealkylation sites (tertiary alicyclic amines) is 1. The van der Waals surface area contributed by atoms with Gasteiger partial charge in [0.1, 0.15) is 11.8 Å². The number of carbonyl (C=O) groups excluding carboxylic acids is 2. The van der Waals surface area contributed by atoms with Crippen LogP contribution in [0.4, 0.5) is 28.0 Å². The summed E-state index contributed by atoms with van der Waals surface area (Å²) in [4.78, 5) is 25.0. The smallest absolute Gasteiger partial charge is 0.418 e. The average molecular weight is 434 g/mol. The van der Waals surface area contributed by atoms with Gasteiger partial charge in [0.2, 0.25) is 0 Å². The Hall–Kier alpha value is -2.52. The number of ether oxygens (including phenoxy) is 2. The van der Waals surface area contributed by atoms with Gasteiger partial charge in [-0.1, -0.05) is 0 Å². The number of benzene rings is 1. The fourth-order valence-electron chi connectivity index (χ4n) is 3.10. The van der Waals surface area contributed by atoms with Crippen molar-refractivity contribution in [3.05, 3.63) is 29.3 Å². The third-order valence-corrected chi connectivity index (χ3v) is 4.63. The number of rotatable bonds is 4. The first-order valence-electron chi connectivity index (χ1n) is 9.47. The van der Waals surface area contributed by atoms with Gasteiger partial charge in [0.05, 0.1) is 24.8 Å². The molecule has 0 aromatic heterocycles. The van der Waals surface area contributed by atoms with Crippen LogP contribution >= 0.6 is 0 Å². The van der Waals surface area contributed by atoms with E-state index in [9.17, 15) is 27.2 Å². The number of nitrogens with one attached hydrogen (secondary N) is 1. The second-order valence-corrected chi connectivity index (χ2v) is 8.12. The molecule has 0 unspecified atom stereocenters. The molecule has 0 radical (unpaired) electrons. The van der Waals surface area contributed by atoms with Crippen LogP contribution in [0.25, 0.3) is 0 Å². The van der Waals surface area contributed by atoms with Crippen LogP contribution < -0.4 is 5.32 Å². The Bertz CT molecular complexity index is 777. The lowest BCUT2D eigenvalue weighted by Gasteiger charge is -2.36. The van der Waals surface area contributed by atoms with Gasteiger partial charge in [-0.15, -0.1) is 0 Å². The fraction of sp³-hybridized carbons (Fsp3) is 0.600. The number of amides is 1. The van der Waals surface area contributed by atoms with Crippen LogP contribution in [0.5, 0.6) is 0 Å². The number of anilines is 1. The SMILES string of the molecule is COC(=O)c1ccc(C(F)(F)F)c(NC[C@H]2CCN(C(=O)OC(C)(C)C)C[C@H]2F)c1. The predicted molar refractivity (Wildman–Crippen MR) is 102 cm³/mol. The molecule has 1 fully saturated rings. The quantitative estimate of drug-likeness (QED) is 0.558. The van der Waals surface area contributed by atoms with Crippen LogP contribution in [0, 0.1) is 5.92 Å². The lowest BCUT2D eigenvalue weighted by Crippen LogP contribution is -2.48. The molecule has 1 aliphatic heterocycles. The minimum absolute atomic E-state index is 0.0513. The van der Waals surface area contributed by atoms with E-state index in [2.05, 4.69) is 10.1 Å². The number of nitrogens with zero attached hydrogens (tertiary/aromatic N) is 1. The molecule has 1 aromatic rings. The number of esters is 1. The van der Waals surface area contributed by atoms with Gasteiger partial charge in [0.25, 0.3) is 0 Å². The Morgan fingerprint density at radius 1 is 1.23 bits per heavy atom. The highest BCUT2D eigenvalue weighted by atomic mass is 19.4. The molecule has 1 amide bonds. The molecule has 1 saturated heterocycles. The van der Waals surface area contributed by atoms with Crippen molar-refractivity contribution in [1.29, 1.82) is 0 Å². The van der Waals surface area contributed by atoms with Crippen molar-refractivity contribution < 1.29 is 36.6 Å². The summed E-state index contributed by atoms with van der Waals surface area (Å²) in [6, 6.07) is 2.85. The summed E-state index contributed by atoms with van der Waals surface area (Å²) in [6.07, 6.45) is -6.45. The predicted octanol–water partition coefficient (Wildman–Crippen LogP) is 4.50. The summed E-state index contributed by atoms with van der Waals surface area (Å²) in [6.45, 7) is 5.06. The third kappa shape index (κ3) is 6.24. The van der Waals surface area contributed by atoms with Crippen molar-refractivity contribution in [3.8, 4) is 0 Å². The summed E-state index contributed by atoms with van der Waals surface area (Å²) in [5, 5.41) is 2.62. The minimum Gasteiger partial charge on any atom is -0.465 e. The molecule has 1 aliphatic rings. The minimum atomic E-state index is -4.65. The molecule has 30 heavy (non-hydrogen) atoms. The van der Waals surface area contributed by atoms with E-state index < -0.39 is 41.5 Å². The van der Waals surface area contributed by atoms with Crippen LogP contribution in [0.3, 0.4) is 0 Å². The molecule has 2 rings (SSSR count). The fourth-order valence-corrected chi connectivity index (χ4v) is 3.10. The molecule has 0 saturated carbocycles. The normalized spacial score (nSPS) is 19.9. The van der Waals surface area contributed by atoms with Crippen molar-refractivity contribution in [1.82, 2.24) is 4.90 Å². The van der Waals surface area contributed by atoms with Gasteiger partial charge in [-0.2, -0.15) is 13.2 Å². The first-order chi connectivity index (χ1) is 13.8. The van der Waals surface area contributed by atoms with Gasteiger partial charge in [-0.3, -0.25) is 0 Å². The largest absolute Gasteiger partial charge is 0.465 e. The zero-order valence-corrected chi connectivity index (χ0v) is 17.3. The summed E-state index contributed by atoms with van der Waals surface area (Å²) in [7, 11) is 1.12. The number of carbonyl (C=O) groups is 2. The molecule has 2 atom stereocenters. The lowest BCUT2D eigenvalue weighted by molar-refractivity contribution is -0.137. The van der Waals surface area contributed by atoms with Crippen LogP contribution in [-0.4, -0.2) is 55.5 Å². The van der Waals surface area contributed by atoms with Crippen molar-refractivity contribution in [2.75, 3.05) is 32.1 Å². The molecular weight excluding hydrogens is 408 g/mol. The van der Waals surface area contributed by atoms with Gasteiger partial charge in [-0.25, -0.2) is 14.0 Å². The summed E-state index contributed by atoms with van der Waals surface area (Å²) in [5.74, 6) is -1.38. The van der Waals surface area contributed by atoms with Crippen molar-refractivity contribution >= 4 is 17.7 Å². The van der Waals surface area contributed by atoms with Crippen LogP contribution in [0.2, 0.25) is 0 Å². The number of alkyl halides is 4. The lowest BCUT2D eigenvalue weighted by atomic mass is 9.94. The molecule has 10 heteroatoms. The summed E-state index contributed by atoms with van der Waals surface area (Å²) < 4.78 is 64.2. The number of piperidine rings is 1. The average Bonchev–Trinajstić information content (AvgIpc) is 2.63. The van der Waals surface area contributed by atoms with Gasteiger partial charge in [-0.05, 0) is 45.4 Å². The van der Waals surface area contributed by atoms with Crippen molar-refractivity contribution in [2.24, 2.45) is 5.92 Å². The molecule has 1 aromatic carbocycles. The molecular formula is C20H26F4N2O4. The van der Waals surface area contributed by atoms with Gasteiger partial charge in [0.15, 0.2) is 0 Å². The maximum atomic E-state index is 14.6. The second kappa shape index (κ2) is 9.09. The molecule has 1 heterocycles. The van der Waals surface area contributed by atoms with Crippen LogP contribution in [0.1, 0.15) is 43.1 Å². The highest BCUT2D eigenvalue weighted by Gasteiger charge is 2.36. The molecule has 6 nitrogen and oxygen atoms in total. The number of methoxy groups -OCH3 is 1. The number of hydrogen-bond donors (Lipinski definition) is 1. The zero-order chi connectivity index (χ0) is 22.7. The zero-order valence-electron chi connectivity index (χ0n) is 17.3. The Morgan fingerprint density at radius 2 is 1.90 bits per heavy atom. The Balaban J connectivity index is 2.06. The molecule has 1 N–H and O–H groups in total. The van der Waals surface area contributed by atoms with E-state index in [-0.39, 0.29) is 37.3 Å². The van der Waals surface area contributed by atoms with Gasteiger partial charge < -0.3 is 19.7 Å². The number of halogens is 4.